The molecule has 1 aromatic rings. The van der Waals surface area contributed by atoms with E-state index >= 15 is 0 Å². The standard InChI is InChI=1S/C13H18F3NO2/c1-3-10(9-17-4-2)18-11-5-7-12(8-6-11)19-13(14,15)16/h5-8,10,17H,3-4,9H2,1-2H3. The monoisotopic (exact) mass is 277 g/mol. The van der Waals surface area contributed by atoms with E-state index in [0.29, 0.717) is 12.3 Å². The Bertz CT molecular complexity index is 365. The smallest absolute Gasteiger partial charge is 0.489 e. The minimum atomic E-state index is -4.67. The van der Waals surface area contributed by atoms with E-state index in [1.807, 2.05) is 13.8 Å². The Balaban J connectivity index is 2.55. The predicted molar refractivity (Wildman–Crippen MR) is 66.4 cm³/mol. The van der Waals surface area contributed by atoms with Crippen LogP contribution in [-0.2, 0) is 0 Å². The molecule has 0 aliphatic carbocycles. The number of nitrogens with one attached hydrogen (secondary N) is 1. The van der Waals surface area contributed by atoms with Crippen LogP contribution in [0, 0.1) is 0 Å². The molecule has 0 radical (unpaired) electrons. The summed E-state index contributed by atoms with van der Waals surface area (Å²) < 4.78 is 45.4. The molecule has 0 aromatic heterocycles. The van der Waals surface area contributed by atoms with Gasteiger partial charge in [0.1, 0.15) is 17.6 Å². The van der Waals surface area contributed by atoms with Crippen LogP contribution < -0.4 is 14.8 Å². The largest absolute Gasteiger partial charge is 0.573 e. The Hall–Kier alpha value is -1.43. The maximum atomic E-state index is 12.0. The minimum Gasteiger partial charge on any atom is -0.489 e. The van der Waals surface area contributed by atoms with E-state index in [4.69, 9.17) is 4.74 Å². The van der Waals surface area contributed by atoms with Crippen molar-refractivity contribution in [1.82, 2.24) is 5.32 Å². The predicted octanol–water partition coefficient (Wildman–Crippen LogP) is 3.35. The number of alkyl halides is 3. The van der Waals surface area contributed by atoms with Crippen LogP contribution in [0.2, 0.25) is 0 Å². The molecule has 0 spiro atoms. The summed E-state index contributed by atoms with van der Waals surface area (Å²) in [4.78, 5) is 0. The molecule has 1 rings (SSSR count). The van der Waals surface area contributed by atoms with Crippen LogP contribution in [0.25, 0.3) is 0 Å². The summed E-state index contributed by atoms with van der Waals surface area (Å²) in [7, 11) is 0. The normalized spacial score (nSPS) is 13.1. The highest BCUT2D eigenvalue weighted by Crippen LogP contribution is 2.25. The molecule has 1 unspecified atom stereocenters. The lowest BCUT2D eigenvalue weighted by atomic mass is 10.2. The fourth-order valence-corrected chi connectivity index (χ4v) is 1.49. The molecule has 0 aliphatic rings. The number of hydrogen-bond donors (Lipinski definition) is 1. The fraction of sp³-hybridized carbons (Fsp3) is 0.538. The number of ether oxygens (including phenoxy) is 2. The summed E-state index contributed by atoms with van der Waals surface area (Å²) in [5.41, 5.74) is 0. The number of likely N-dealkylation sites (N-methyl/N-ethyl adjacent to an activating group) is 1. The van der Waals surface area contributed by atoms with E-state index in [2.05, 4.69) is 10.1 Å². The minimum absolute atomic E-state index is 0.00525. The fourth-order valence-electron chi connectivity index (χ4n) is 1.49. The topological polar surface area (TPSA) is 30.5 Å². The highest BCUT2D eigenvalue weighted by atomic mass is 19.4. The second-order valence-electron chi connectivity index (χ2n) is 3.97. The summed E-state index contributed by atoms with van der Waals surface area (Å²) in [6.07, 6.45) is -3.86. The van der Waals surface area contributed by atoms with Gasteiger partial charge in [0, 0.05) is 6.54 Å². The highest BCUT2D eigenvalue weighted by Gasteiger charge is 2.30. The summed E-state index contributed by atoms with van der Waals surface area (Å²) in [6, 6.07) is 5.41. The quantitative estimate of drug-likeness (QED) is 0.829. The van der Waals surface area contributed by atoms with Crippen LogP contribution >= 0.6 is 0 Å². The molecule has 108 valence electrons. The average molecular weight is 277 g/mol. The van der Waals surface area contributed by atoms with Gasteiger partial charge in [-0.2, -0.15) is 0 Å². The lowest BCUT2D eigenvalue weighted by Crippen LogP contribution is -2.30. The lowest BCUT2D eigenvalue weighted by molar-refractivity contribution is -0.274. The van der Waals surface area contributed by atoms with Crippen LogP contribution in [0.15, 0.2) is 24.3 Å². The van der Waals surface area contributed by atoms with Crippen molar-refractivity contribution in [3.05, 3.63) is 24.3 Å². The second kappa shape index (κ2) is 7.23. The van der Waals surface area contributed by atoms with Crippen LogP contribution in [0.5, 0.6) is 11.5 Å². The summed E-state index contributed by atoms with van der Waals surface area (Å²) >= 11 is 0. The highest BCUT2D eigenvalue weighted by molar-refractivity contribution is 5.31. The Morgan fingerprint density at radius 1 is 1.11 bits per heavy atom. The summed E-state index contributed by atoms with van der Waals surface area (Å²) in [6.45, 7) is 5.53. The maximum Gasteiger partial charge on any atom is 0.573 e. The zero-order chi connectivity index (χ0) is 14.3. The molecule has 0 fully saturated rings. The van der Waals surface area contributed by atoms with E-state index < -0.39 is 6.36 Å². The zero-order valence-electron chi connectivity index (χ0n) is 11.0. The lowest BCUT2D eigenvalue weighted by Gasteiger charge is -2.18. The molecule has 1 atom stereocenters. The number of rotatable bonds is 7. The van der Waals surface area contributed by atoms with Gasteiger partial charge < -0.3 is 14.8 Å². The molecule has 19 heavy (non-hydrogen) atoms. The van der Waals surface area contributed by atoms with Crippen LogP contribution in [0.3, 0.4) is 0 Å². The number of hydrogen-bond acceptors (Lipinski definition) is 3. The van der Waals surface area contributed by atoms with Crippen LogP contribution in [-0.4, -0.2) is 25.6 Å². The van der Waals surface area contributed by atoms with Gasteiger partial charge in [0.15, 0.2) is 0 Å². The molecule has 0 saturated heterocycles. The summed E-state index contributed by atoms with van der Waals surface area (Å²) in [5.74, 6) is 0.277. The van der Waals surface area contributed by atoms with Gasteiger partial charge >= 0.3 is 6.36 Å². The van der Waals surface area contributed by atoms with Crippen molar-refractivity contribution in [3.63, 3.8) is 0 Å². The first-order chi connectivity index (χ1) is 8.94. The van der Waals surface area contributed by atoms with Crippen molar-refractivity contribution in [2.24, 2.45) is 0 Å². The molecular weight excluding hydrogens is 259 g/mol. The third-order valence-corrected chi connectivity index (χ3v) is 2.44. The van der Waals surface area contributed by atoms with Gasteiger partial charge in [-0.15, -0.1) is 13.2 Å². The maximum absolute atomic E-state index is 12.0. The number of halogens is 3. The van der Waals surface area contributed by atoms with Gasteiger partial charge in [0.2, 0.25) is 0 Å². The molecule has 0 saturated carbocycles. The molecule has 0 amide bonds. The molecule has 0 heterocycles. The van der Waals surface area contributed by atoms with Gasteiger partial charge in [-0.05, 0) is 37.2 Å². The van der Waals surface area contributed by atoms with E-state index in [0.717, 1.165) is 13.0 Å². The van der Waals surface area contributed by atoms with Crippen molar-refractivity contribution in [1.29, 1.82) is 0 Å². The molecule has 0 aliphatic heterocycles. The zero-order valence-corrected chi connectivity index (χ0v) is 11.0. The van der Waals surface area contributed by atoms with Crippen molar-refractivity contribution in [2.75, 3.05) is 13.1 Å². The third kappa shape index (κ3) is 6.33. The first-order valence-electron chi connectivity index (χ1n) is 6.17. The van der Waals surface area contributed by atoms with Crippen molar-refractivity contribution in [2.45, 2.75) is 32.7 Å². The van der Waals surface area contributed by atoms with Crippen LogP contribution in [0.4, 0.5) is 13.2 Å². The van der Waals surface area contributed by atoms with Gasteiger partial charge in [0.25, 0.3) is 0 Å². The van der Waals surface area contributed by atoms with E-state index in [9.17, 15) is 13.2 Å². The molecular formula is C13H18F3NO2. The Morgan fingerprint density at radius 3 is 2.16 bits per heavy atom. The van der Waals surface area contributed by atoms with Gasteiger partial charge in [-0.1, -0.05) is 13.8 Å². The molecule has 0 bridgehead atoms. The molecule has 1 aromatic carbocycles. The third-order valence-electron chi connectivity index (χ3n) is 2.44. The number of benzene rings is 1. The van der Waals surface area contributed by atoms with Gasteiger partial charge in [-0.25, -0.2) is 0 Å². The van der Waals surface area contributed by atoms with Crippen molar-refractivity contribution >= 4 is 0 Å². The first kappa shape index (κ1) is 15.6. The average Bonchev–Trinajstić information content (AvgIpc) is 2.34. The SMILES string of the molecule is CCNCC(CC)Oc1ccc(OC(F)(F)F)cc1. The first-order valence-corrected chi connectivity index (χ1v) is 6.17. The van der Waals surface area contributed by atoms with E-state index in [1.54, 1.807) is 0 Å². The Morgan fingerprint density at radius 2 is 1.68 bits per heavy atom. The van der Waals surface area contributed by atoms with E-state index in [1.165, 1.54) is 24.3 Å². The van der Waals surface area contributed by atoms with E-state index in [-0.39, 0.29) is 11.9 Å². The Kier molecular flexibility index (Phi) is 5.95. The second-order valence-corrected chi connectivity index (χ2v) is 3.97. The van der Waals surface area contributed by atoms with Crippen molar-refractivity contribution in [3.8, 4) is 11.5 Å². The summed E-state index contributed by atoms with van der Waals surface area (Å²) in [5, 5.41) is 3.16. The molecule has 3 nitrogen and oxygen atoms in total. The van der Waals surface area contributed by atoms with Crippen LogP contribution in [0.1, 0.15) is 20.3 Å². The van der Waals surface area contributed by atoms with Crippen molar-refractivity contribution < 1.29 is 22.6 Å². The molecule has 1 N–H and O–H groups in total. The van der Waals surface area contributed by atoms with Gasteiger partial charge in [-0.3, -0.25) is 0 Å². The molecule has 6 heteroatoms. The van der Waals surface area contributed by atoms with Gasteiger partial charge in [0.05, 0.1) is 0 Å². The Labute approximate surface area is 110 Å².